The Balaban J connectivity index is 1.79. The van der Waals surface area contributed by atoms with E-state index < -0.39 is 0 Å². The van der Waals surface area contributed by atoms with Gasteiger partial charge in [0.05, 0.1) is 5.75 Å². The predicted molar refractivity (Wildman–Crippen MR) is 60.7 cm³/mol. The number of hydrogen-bond donors (Lipinski definition) is 1. The van der Waals surface area contributed by atoms with Crippen molar-refractivity contribution in [2.75, 3.05) is 13.1 Å². The zero-order valence-corrected chi connectivity index (χ0v) is 9.40. The first-order valence-electron chi connectivity index (χ1n) is 5.28. The number of hydrogen-bond acceptors (Lipinski definition) is 3. The fourth-order valence-corrected chi connectivity index (χ4v) is 2.74. The van der Waals surface area contributed by atoms with Crippen LogP contribution in [-0.4, -0.2) is 18.3 Å². The van der Waals surface area contributed by atoms with Crippen LogP contribution in [0.1, 0.15) is 24.9 Å². The summed E-state index contributed by atoms with van der Waals surface area (Å²) >= 11 is 2.00. The van der Waals surface area contributed by atoms with Crippen molar-refractivity contribution < 1.29 is 4.42 Å². The van der Waals surface area contributed by atoms with Crippen molar-refractivity contribution in [2.24, 2.45) is 0 Å². The maximum absolute atomic E-state index is 5.65. The average molecular weight is 211 g/mol. The molecule has 2 rings (SSSR count). The SMILES string of the molecule is CCc1ccc(CSC2CCNC2)o1. The Kier molecular flexibility index (Phi) is 3.54. The zero-order valence-electron chi connectivity index (χ0n) is 8.58. The Morgan fingerprint density at radius 2 is 2.36 bits per heavy atom. The van der Waals surface area contributed by atoms with Gasteiger partial charge in [0.1, 0.15) is 11.5 Å². The van der Waals surface area contributed by atoms with Crippen LogP contribution in [0.15, 0.2) is 16.5 Å². The third kappa shape index (κ3) is 2.55. The van der Waals surface area contributed by atoms with Crippen LogP contribution >= 0.6 is 11.8 Å². The van der Waals surface area contributed by atoms with Crippen molar-refractivity contribution >= 4 is 11.8 Å². The first-order chi connectivity index (χ1) is 6.88. The third-order valence-electron chi connectivity index (χ3n) is 2.54. The fourth-order valence-electron chi connectivity index (χ4n) is 1.66. The topological polar surface area (TPSA) is 25.2 Å². The van der Waals surface area contributed by atoms with Gasteiger partial charge in [-0.1, -0.05) is 6.92 Å². The lowest BCUT2D eigenvalue weighted by molar-refractivity contribution is 0.485. The molecule has 2 heterocycles. The molecule has 1 unspecified atom stereocenters. The molecule has 1 aliphatic rings. The molecule has 3 heteroatoms. The van der Waals surface area contributed by atoms with Gasteiger partial charge in [0.25, 0.3) is 0 Å². The Labute approximate surface area is 89.4 Å². The van der Waals surface area contributed by atoms with E-state index in [1.807, 2.05) is 11.8 Å². The molecule has 0 radical (unpaired) electrons. The lowest BCUT2D eigenvalue weighted by Gasteiger charge is -2.05. The van der Waals surface area contributed by atoms with Crippen molar-refractivity contribution in [3.8, 4) is 0 Å². The smallest absolute Gasteiger partial charge is 0.114 e. The number of rotatable bonds is 4. The molecule has 1 N–H and O–H groups in total. The standard InChI is InChI=1S/C11H17NOS/c1-2-9-3-4-10(13-9)8-14-11-5-6-12-7-11/h3-4,11-12H,2,5-8H2,1H3. The van der Waals surface area contributed by atoms with E-state index >= 15 is 0 Å². The molecule has 2 nitrogen and oxygen atoms in total. The molecule has 1 aliphatic heterocycles. The van der Waals surface area contributed by atoms with Gasteiger partial charge in [-0.25, -0.2) is 0 Å². The Bertz CT molecular complexity index is 279. The summed E-state index contributed by atoms with van der Waals surface area (Å²) in [4.78, 5) is 0. The molecule has 0 amide bonds. The van der Waals surface area contributed by atoms with E-state index in [0.29, 0.717) is 0 Å². The van der Waals surface area contributed by atoms with Gasteiger partial charge in [-0.15, -0.1) is 11.8 Å². The molecular formula is C11H17NOS. The largest absolute Gasteiger partial charge is 0.465 e. The first kappa shape index (κ1) is 10.1. The molecule has 1 fully saturated rings. The van der Waals surface area contributed by atoms with Crippen LogP contribution in [-0.2, 0) is 12.2 Å². The Morgan fingerprint density at radius 3 is 3.00 bits per heavy atom. The highest BCUT2D eigenvalue weighted by atomic mass is 32.2. The molecule has 0 aromatic carbocycles. The summed E-state index contributed by atoms with van der Waals surface area (Å²) in [6, 6.07) is 4.19. The van der Waals surface area contributed by atoms with E-state index in [1.165, 1.54) is 13.0 Å². The predicted octanol–water partition coefficient (Wildman–Crippen LogP) is 2.44. The van der Waals surface area contributed by atoms with Crippen LogP contribution in [0.25, 0.3) is 0 Å². The van der Waals surface area contributed by atoms with E-state index in [1.54, 1.807) is 0 Å². The van der Waals surface area contributed by atoms with E-state index in [9.17, 15) is 0 Å². The molecule has 14 heavy (non-hydrogen) atoms. The van der Waals surface area contributed by atoms with Crippen molar-refractivity contribution in [3.63, 3.8) is 0 Å². The van der Waals surface area contributed by atoms with Gasteiger partial charge < -0.3 is 9.73 Å². The van der Waals surface area contributed by atoms with Crippen LogP contribution in [0.4, 0.5) is 0 Å². The molecule has 1 aromatic rings. The van der Waals surface area contributed by atoms with Gasteiger partial charge in [-0.2, -0.15) is 0 Å². The van der Waals surface area contributed by atoms with Gasteiger partial charge in [0.15, 0.2) is 0 Å². The van der Waals surface area contributed by atoms with E-state index in [2.05, 4.69) is 24.4 Å². The lowest BCUT2D eigenvalue weighted by atomic mass is 10.4. The average Bonchev–Trinajstić information content (AvgIpc) is 2.86. The molecule has 1 atom stereocenters. The summed E-state index contributed by atoms with van der Waals surface area (Å²) in [5.41, 5.74) is 0. The lowest BCUT2D eigenvalue weighted by Crippen LogP contribution is -2.10. The van der Waals surface area contributed by atoms with E-state index in [-0.39, 0.29) is 0 Å². The van der Waals surface area contributed by atoms with Gasteiger partial charge in [0, 0.05) is 18.2 Å². The molecule has 0 aliphatic carbocycles. The maximum atomic E-state index is 5.65. The summed E-state index contributed by atoms with van der Waals surface area (Å²) < 4.78 is 5.65. The molecular weight excluding hydrogens is 194 g/mol. The van der Waals surface area contributed by atoms with Crippen molar-refractivity contribution in [3.05, 3.63) is 23.7 Å². The zero-order chi connectivity index (χ0) is 9.80. The molecule has 0 spiro atoms. The Morgan fingerprint density at radius 1 is 1.50 bits per heavy atom. The van der Waals surface area contributed by atoms with Gasteiger partial charge in [-0.3, -0.25) is 0 Å². The second-order valence-electron chi connectivity index (χ2n) is 3.65. The summed E-state index contributed by atoms with van der Waals surface area (Å²) in [7, 11) is 0. The second kappa shape index (κ2) is 4.89. The molecule has 0 saturated carbocycles. The maximum Gasteiger partial charge on any atom is 0.114 e. The fraction of sp³-hybridized carbons (Fsp3) is 0.636. The molecule has 0 bridgehead atoms. The number of aryl methyl sites for hydroxylation is 1. The number of furan rings is 1. The highest BCUT2D eigenvalue weighted by Gasteiger charge is 2.15. The third-order valence-corrected chi connectivity index (χ3v) is 3.87. The summed E-state index contributed by atoms with van der Waals surface area (Å²) in [6.45, 7) is 4.46. The van der Waals surface area contributed by atoms with Gasteiger partial charge in [0.2, 0.25) is 0 Å². The van der Waals surface area contributed by atoms with Crippen LogP contribution in [0, 0.1) is 0 Å². The highest BCUT2D eigenvalue weighted by Crippen LogP contribution is 2.23. The normalized spacial score (nSPS) is 21.6. The van der Waals surface area contributed by atoms with Crippen molar-refractivity contribution in [1.29, 1.82) is 0 Å². The second-order valence-corrected chi connectivity index (χ2v) is 4.94. The molecule has 1 saturated heterocycles. The van der Waals surface area contributed by atoms with Crippen molar-refractivity contribution in [1.82, 2.24) is 5.32 Å². The summed E-state index contributed by atoms with van der Waals surface area (Å²) in [5.74, 6) is 3.25. The van der Waals surface area contributed by atoms with Crippen LogP contribution in [0.3, 0.4) is 0 Å². The van der Waals surface area contributed by atoms with Gasteiger partial charge >= 0.3 is 0 Å². The Hall–Kier alpha value is -0.410. The highest BCUT2D eigenvalue weighted by molar-refractivity contribution is 7.99. The van der Waals surface area contributed by atoms with E-state index in [0.717, 1.165) is 35.5 Å². The summed E-state index contributed by atoms with van der Waals surface area (Å²) in [6.07, 6.45) is 2.29. The number of nitrogens with one attached hydrogen (secondary N) is 1. The molecule has 78 valence electrons. The minimum atomic E-state index is 0.783. The van der Waals surface area contributed by atoms with Crippen molar-refractivity contribution in [2.45, 2.75) is 30.8 Å². The minimum Gasteiger partial charge on any atom is -0.465 e. The first-order valence-corrected chi connectivity index (χ1v) is 6.33. The monoisotopic (exact) mass is 211 g/mol. The van der Waals surface area contributed by atoms with Crippen LogP contribution in [0.5, 0.6) is 0 Å². The van der Waals surface area contributed by atoms with E-state index in [4.69, 9.17) is 4.42 Å². The minimum absolute atomic E-state index is 0.783. The van der Waals surface area contributed by atoms with Crippen LogP contribution in [0.2, 0.25) is 0 Å². The quantitative estimate of drug-likeness (QED) is 0.828. The van der Waals surface area contributed by atoms with Crippen LogP contribution < -0.4 is 5.32 Å². The molecule has 1 aromatic heterocycles. The van der Waals surface area contributed by atoms with Gasteiger partial charge in [-0.05, 0) is 25.1 Å². The summed E-state index contributed by atoms with van der Waals surface area (Å²) in [5, 5.41) is 4.16. The number of thioether (sulfide) groups is 1.